The summed E-state index contributed by atoms with van der Waals surface area (Å²) in [5.41, 5.74) is 2.40. The van der Waals surface area contributed by atoms with Crippen LogP contribution in [0, 0.1) is 0 Å². The van der Waals surface area contributed by atoms with Crippen molar-refractivity contribution in [3.63, 3.8) is 0 Å². The highest BCUT2D eigenvalue weighted by molar-refractivity contribution is 7.79. The third kappa shape index (κ3) is 11.1. The zero-order valence-electron chi connectivity index (χ0n) is 9.87. The van der Waals surface area contributed by atoms with Crippen LogP contribution < -0.4 is 0 Å². The average Bonchev–Trinajstić information content (AvgIpc) is 2.15. The van der Waals surface area contributed by atoms with E-state index in [1.54, 1.807) is 0 Å². The van der Waals surface area contributed by atoms with Crippen molar-refractivity contribution in [2.75, 3.05) is 20.6 Å². The Kier molecular flexibility index (Phi) is 6.67. The van der Waals surface area contributed by atoms with E-state index in [9.17, 15) is 0 Å². The van der Waals surface area contributed by atoms with Gasteiger partial charge in [0.05, 0.1) is 0 Å². The molecule has 0 saturated heterocycles. The molecule has 17 heavy (non-hydrogen) atoms. The first-order chi connectivity index (χ1) is 7.70. The summed E-state index contributed by atoms with van der Waals surface area (Å²) in [6, 6.07) is 10.3. The Labute approximate surface area is 102 Å². The van der Waals surface area contributed by atoms with E-state index in [0.717, 1.165) is 6.54 Å². The smallest absolute Gasteiger partial charge is 0.305 e. The molecule has 0 bridgehead atoms. The molecule has 0 spiro atoms. The van der Waals surface area contributed by atoms with Gasteiger partial charge < -0.3 is 4.90 Å². The summed E-state index contributed by atoms with van der Waals surface area (Å²) in [4.78, 5) is 2.12. The molecule has 96 valence electrons. The molecule has 1 aromatic carbocycles. The van der Waals surface area contributed by atoms with Gasteiger partial charge in [-0.25, -0.2) is 0 Å². The molecular weight excluding hydrogens is 242 g/mol. The monoisotopic (exact) mass is 259 g/mol. The van der Waals surface area contributed by atoms with Crippen molar-refractivity contribution in [1.29, 1.82) is 0 Å². The van der Waals surface area contributed by atoms with Crippen molar-refractivity contribution < 1.29 is 17.5 Å². The molecule has 0 amide bonds. The van der Waals surface area contributed by atoms with Crippen LogP contribution in [0.4, 0.5) is 0 Å². The van der Waals surface area contributed by atoms with E-state index in [1.807, 2.05) is 32.3 Å². The predicted octanol–water partition coefficient (Wildman–Crippen LogP) is 1.61. The van der Waals surface area contributed by atoms with Gasteiger partial charge in [0.25, 0.3) is 0 Å². The van der Waals surface area contributed by atoms with Crippen LogP contribution in [0.15, 0.2) is 36.9 Å². The Hall–Kier alpha value is -1.21. The SMILES string of the molecule is C=C(CN(C)C)c1ccccc1.O=S(=O)(O)O. The molecule has 1 rings (SSSR count). The summed E-state index contributed by atoms with van der Waals surface area (Å²) < 4.78 is 31.6. The van der Waals surface area contributed by atoms with E-state index in [-0.39, 0.29) is 0 Å². The van der Waals surface area contributed by atoms with Gasteiger partial charge in [-0.15, -0.1) is 0 Å². The van der Waals surface area contributed by atoms with E-state index < -0.39 is 10.4 Å². The summed E-state index contributed by atoms with van der Waals surface area (Å²) in [5, 5.41) is 0. The Morgan fingerprint density at radius 1 is 1.24 bits per heavy atom. The minimum atomic E-state index is -4.67. The number of likely N-dealkylation sites (N-methyl/N-ethyl adjacent to an activating group) is 1. The van der Waals surface area contributed by atoms with Crippen LogP contribution in [0.25, 0.3) is 5.57 Å². The van der Waals surface area contributed by atoms with E-state index in [2.05, 4.69) is 23.6 Å². The predicted molar refractivity (Wildman–Crippen MR) is 68.2 cm³/mol. The standard InChI is InChI=1S/C11H15N.H2O4S/c1-10(9-12(2)3)11-7-5-4-6-8-11;1-5(2,3)4/h4-8H,1,9H2,2-3H3;(H2,1,2,3,4). The molecule has 6 heteroatoms. The average molecular weight is 259 g/mol. The molecule has 0 atom stereocenters. The molecule has 0 aliphatic carbocycles. The highest BCUT2D eigenvalue weighted by Crippen LogP contribution is 2.11. The fourth-order valence-corrected chi connectivity index (χ4v) is 1.15. The lowest BCUT2D eigenvalue weighted by atomic mass is 10.1. The normalized spacial score (nSPS) is 10.6. The topological polar surface area (TPSA) is 77.8 Å². The van der Waals surface area contributed by atoms with Crippen LogP contribution in [0.1, 0.15) is 5.56 Å². The van der Waals surface area contributed by atoms with Crippen molar-refractivity contribution in [2.45, 2.75) is 0 Å². The van der Waals surface area contributed by atoms with Gasteiger partial charge >= 0.3 is 10.4 Å². The molecule has 0 aromatic heterocycles. The lowest BCUT2D eigenvalue weighted by Gasteiger charge is -2.11. The van der Waals surface area contributed by atoms with Crippen molar-refractivity contribution in [3.8, 4) is 0 Å². The Morgan fingerprint density at radius 2 is 1.65 bits per heavy atom. The number of hydrogen-bond acceptors (Lipinski definition) is 3. The molecule has 2 N–H and O–H groups in total. The molecule has 0 heterocycles. The molecular formula is C11H17NO4S. The molecule has 0 fully saturated rings. The first-order valence-electron chi connectivity index (χ1n) is 4.78. The van der Waals surface area contributed by atoms with Gasteiger partial charge in [0.2, 0.25) is 0 Å². The lowest BCUT2D eigenvalue weighted by molar-refractivity contribution is 0.381. The van der Waals surface area contributed by atoms with Gasteiger partial charge in [0.1, 0.15) is 0 Å². The largest absolute Gasteiger partial charge is 0.394 e. The van der Waals surface area contributed by atoms with Gasteiger partial charge in [-0.05, 0) is 25.2 Å². The second-order valence-electron chi connectivity index (χ2n) is 3.66. The molecule has 0 saturated carbocycles. The van der Waals surface area contributed by atoms with Gasteiger partial charge in [-0.1, -0.05) is 36.9 Å². The van der Waals surface area contributed by atoms with Crippen molar-refractivity contribution in [1.82, 2.24) is 4.90 Å². The Morgan fingerprint density at radius 3 is 2.00 bits per heavy atom. The van der Waals surface area contributed by atoms with E-state index in [4.69, 9.17) is 17.5 Å². The summed E-state index contributed by atoms with van der Waals surface area (Å²) in [6.07, 6.45) is 0. The summed E-state index contributed by atoms with van der Waals surface area (Å²) in [7, 11) is -0.567. The van der Waals surface area contributed by atoms with Gasteiger partial charge in [-0.3, -0.25) is 9.11 Å². The maximum atomic E-state index is 8.74. The Bertz CT molecular complexity index is 432. The molecule has 5 nitrogen and oxygen atoms in total. The quantitative estimate of drug-likeness (QED) is 0.806. The first-order valence-corrected chi connectivity index (χ1v) is 6.17. The molecule has 0 aliphatic heterocycles. The van der Waals surface area contributed by atoms with E-state index >= 15 is 0 Å². The highest BCUT2D eigenvalue weighted by Gasteiger charge is 1.97. The van der Waals surface area contributed by atoms with Crippen LogP contribution in [0.3, 0.4) is 0 Å². The third-order valence-corrected chi connectivity index (χ3v) is 1.69. The van der Waals surface area contributed by atoms with Crippen LogP contribution >= 0.6 is 0 Å². The van der Waals surface area contributed by atoms with E-state index in [0.29, 0.717) is 0 Å². The molecule has 0 aliphatic rings. The number of benzene rings is 1. The Balaban J connectivity index is 0.000000437. The highest BCUT2D eigenvalue weighted by atomic mass is 32.3. The van der Waals surface area contributed by atoms with Gasteiger partial charge in [0.15, 0.2) is 0 Å². The zero-order chi connectivity index (χ0) is 13.5. The number of hydrogen-bond donors (Lipinski definition) is 2. The van der Waals surface area contributed by atoms with Crippen molar-refractivity contribution >= 4 is 16.0 Å². The van der Waals surface area contributed by atoms with Crippen LogP contribution in [0.5, 0.6) is 0 Å². The first kappa shape index (κ1) is 15.8. The summed E-state index contributed by atoms with van der Waals surface area (Å²) in [5.74, 6) is 0. The van der Waals surface area contributed by atoms with Crippen LogP contribution in [0.2, 0.25) is 0 Å². The second-order valence-corrected chi connectivity index (χ2v) is 4.55. The second kappa shape index (κ2) is 7.18. The summed E-state index contributed by atoms with van der Waals surface area (Å²) >= 11 is 0. The maximum absolute atomic E-state index is 8.74. The van der Waals surface area contributed by atoms with Gasteiger partial charge in [0, 0.05) is 6.54 Å². The van der Waals surface area contributed by atoms with E-state index in [1.165, 1.54) is 11.1 Å². The third-order valence-electron chi connectivity index (χ3n) is 1.69. The summed E-state index contributed by atoms with van der Waals surface area (Å²) in [6.45, 7) is 4.94. The molecule has 1 aromatic rings. The van der Waals surface area contributed by atoms with Gasteiger partial charge in [-0.2, -0.15) is 8.42 Å². The zero-order valence-corrected chi connectivity index (χ0v) is 10.7. The lowest BCUT2D eigenvalue weighted by Crippen LogP contribution is -2.13. The van der Waals surface area contributed by atoms with Crippen LogP contribution in [-0.4, -0.2) is 43.1 Å². The molecule has 0 unspecified atom stereocenters. The number of rotatable bonds is 3. The molecule has 0 radical (unpaired) electrons. The van der Waals surface area contributed by atoms with Crippen molar-refractivity contribution in [3.05, 3.63) is 42.5 Å². The fourth-order valence-electron chi connectivity index (χ4n) is 1.15. The van der Waals surface area contributed by atoms with Crippen molar-refractivity contribution in [2.24, 2.45) is 0 Å². The maximum Gasteiger partial charge on any atom is 0.394 e. The fraction of sp³-hybridized carbons (Fsp3) is 0.273. The number of nitrogens with zero attached hydrogens (tertiary/aromatic N) is 1. The van der Waals surface area contributed by atoms with Crippen LogP contribution in [-0.2, 0) is 10.4 Å². The minimum absolute atomic E-state index is 0.921. The minimum Gasteiger partial charge on any atom is -0.305 e.